The van der Waals surface area contributed by atoms with Crippen molar-refractivity contribution in [2.75, 3.05) is 14.3 Å². The van der Waals surface area contributed by atoms with E-state index in [1.54, 1.807) is 6.92 Å². The minimum atomic E-state index is -4.73. The van der Waals surface area contributed by atoms with E-state index in [0.717, 1.165) is 24.3 Å². The van der Waals surface area contributed by atoms with E-state index in [0.29, 0.717) is 17.1 Å². The number of rotatable bonds is 7. The van der Waals surface area contributed by atoms with Crippen molar-refractivity contribution in [3.63, 3.8) is 0 Å². The third-order valence-electron chi connectivity index (χ3n) is 4.56. The average molecular weight is 507 g/mol. The number of hydrogen-bond donors (Lipinski definition) is 2. The van der Waals surface area contributed by atoms with Gasteiger partial charge in [0.2, 0.25) is 11.8 Å². The number of carbonyl (C=O) groups excluding carboxylic acids is 2. The van der Waals surface area contributed by atoms with Gasteiger partial charge in [0.05, 0.1) is 15.5 Å². The van der Waals surface area contributed by atoms with Gasteiger partial charge in [-0.15, -0.1) is 3.71 Å². The van der Waals surface area contributed by atoms with E-state index in [9.17, 15) is 26.4 Å². The maximum absolute atomic E-state index is 13.5. The van der Waals surface area contributed by atoms with Crippen LogP contribution >= 0.6 is 0 Å². The highest BCUT2D eigenvalue weighted by Gasteiger charge is 2.40. The van der Waals surface area contributed by atoms with E-state index in [1.807, 2.05) is 0 Å². The molecule has 1 aromatic heterocycles. The summed E-state index contributed by atoms with van der Waals surface area (Å²) in [5.41, 5.74) is 0.974. The zero-order chi connectivity index (χ0) is 25.3. The molecule has 0 unspecified atom stereocenters. The Morgan fingerprint density at radius 1 is 0.765 bits per heavy atom. The average Bonchev–Trinajstić information content (AvgIpc) is 3.05. The summed E-state index contributed by atoms with van der Waals surface area (Å²) in [5, 5.41) is 5.01. The number of hydrogen-bond acceptors (Lipinski definition) is 8. The van der Waals surface area contributed by atoms with Crippen LogP contribution in [0.3, 0.4) is 0 Å². The molecule has 0 bridgehead atoms. The van der Waals surface area contributed by atoms with Crippen molar-refractivity contribution in [2.45, 2.75) is 37.5 Å². The SMILES string of the molecule is CC(=O)Nc1ccc(S(=O)(=O)N(c2nc(C)c(C)o2)S(=O)(=O)c2ccc(NC(C)=O)cc2)cc1. The molecule has 34 heavy (non-hydrogen) atoms. The molecule has 0 aliphatic carbocycles. The molecule has 13 heteroatoms. The van der Waals surface area contributed by atoms with Gasteiger partial charge in [0.25, 0.3) is 20.0 Å². The quantitative estimate of drug-likeness (QED) is 0.495. The molecule has 11 nitrogen and oxygen atoms in total. The first-order valence-corrected chi connectivity index (χ1v) is 12.7. The maximum atomic E-state index is 13.5. The summed E-state index contributed by atoms with van der Waals surface area (Å²) in [6, 6.07) is 9.29. The Balaban J connectivity index is 2.13. The number of aryl methyl sites for hydroxylation is 2. The Morgan fingerprint density at radius 3 is 1.44 bits per heavy atom. The standard InChI is InChI=1S/C21H22N4O7S2/c1-13-14(2)32-21(22-13)25(33(28,29)19-9-5-17(6-10-19)23-15(3)26)34(30,31)20-11-7-18(8-12-20)24-16(4)27/h5-12H,1-4H3,(H,23,26)(H,24,27). The lowest BCUT2D eigenvalue weighted by Crippen LogP contribution is -2.37. The van der Waals surface area contributed by atoms with Gasteiger partial charge in [0, 0.05) is 25.2 Å². The first-order chi connectivity index (χ1) is 15.8. The van der Waals surface area contributed by atoms with Gasteiger partial charge in [0.1, 0.15) is 5.76 Å². The van der Waals surface area contributed by atoms with Gasteiger partial charge >= 0.3 is 6.01 Å². The van der Waals surface area contributed by atoms with Crippen LogP contribution in [-0.4, -0.2) is 33.6 Å². The van der Waals surface area contributed by atoms with Crippen LogP contribution in [0.5, 0.6) is 0 Å². The molecule has 0 fully saturated rings. The molecule has 0 saturated heterocycles. The van der Waals surface area contributed by atoms with Gasteiger partial charge in [-0.3, -0.25) is 9.59 Å². The number of benzene rings is 2. The van der Waals surface area contributed by atoms with Crippen molar-refractivity contribution >= 4 is 49.3 Å². The summed E-state index contributed by atoms with van der Waals surface area (Å²) >= 11 is 0. The second-order valence-electron chi connectivity index (χ2n) is 7.26. The molecular formula is C21H22N4O7S2. The smallest absolute Gasteiger partial charge is 0.327 e. The van der Waals surface area contributed by atoms with Crippen molar-refractivity contribution in [1.29, 1.82) is 0 Å². The third-order valence-corrected chi connectivity index (χ3v) is 8.65. The molecule has 0 radical (unpaired) electrons. The predicted molar refractivity (Wildman–Crippen MR) is 124 cm³/mol. The molecule has 0 aliphatic rings. The molecule has 180 valence electrons. The zero-order valence-corrected chi connectivity index (χ0v) is 20.3. The molecule has 0 saturated carbocycles. The summed E-state index contributed by atoms with van der Waals surface area (Å²) in [4.78, 5) is 25.7. The van der Waals surface area contributed by atoms with E-state index >= 15 is 0 Å². The minimum absolute atomic E-state index is 0.126. The number of amides is 2. The molecule has 3 aromatic rings. The first kappa shape index (κ1) is 24.9. The number of anilines is 3. The van der Waals surface area contributed by atoms with Crippen molar-refractivity contribution in [2.24, 2.45) is 0 Å². The van der Waals surface area contributed by atoms with Gasteiger partial charge in [-0.05, 0) is 62.4 Å². The highest BCUT2D eigenvalue weighted by molar-refractivity contribution is 8.10. The molecule has 2 amide bonds. The molecular weight excluding hydrogens is 484 g/mol. The number of carbonyl (C=O) groups is 2. The van der Waals surface area contributed by atoms with Crippen LogP contribution in [0, 0.1) is 13.8 Å². The number of sulfonamides is 2. The summed E-state index contributed by atoms with van der Waals surface area (Å²) in [6.45, 7) is 5.66. The lowest BCUT2D eigenvalue weighted by atomic mass is 10.3. The monoisotopic (exact) mass is 506 g/mol. The molecule has 1 heterocycles. The fourth-order valence-corrected chi connectivity index (χ4v) is 6.35. The minimum Gasteiger partial charge on any atom is -0.427 e. The van der Waals surface area contributed by atoms with Crippen molar-refractivity contribution in [3.05, 3.63) is 60.0 Å². The van der Waals surface area contributed by atoms with Crippen molar-refractivity contribution in [1.82, 2.24) is 4.98 Å². The lowest BCUT2D eigenvalue weighted by Gasteiger charge is -2.21. The van der Waals surface area contributed by atoms with Gasteiger partial charge < -0.3 is 15.1 Å². The van der Waals surface area contributed by atoms with Crippen LogP contribution in [0.2, 0.25) is 0 Å². The zero-order valence-electron chi connectivity index (χ0n) is 18.7. The molecule has 0 atom stereocenters. The number of oxazole rings is 1. The van der Waals surface area contributed by atoms with E-state index in [2.05, 4.69) is 15.6 Å². The molecule has 2 aromatic carbocycles. The Labute approximate surface area is 196 Å². The highest BCUT2D eigenvalue weighted by Crippen LogP contribution is 2.32. The number of aromatic nitrogens is 1. The second-order valence-corrected chi connectivity index (χ2v) is 11.1. The van der Waals surface area contributed by atoms with Crippen molar-refractivity contribution < 1.29 is 30.8 Å². The second kappa shape index (κ2) is 9.27. The molecule has 3 rings (SSSR count). The largest absolute Gasteiger partial charge is 0.427 e. The molecule has 0 aliphatic heterocycles. The normalized spacial score (nSPS) is 11.6. The van der Waals surface area contributed by atoms with Crippen LogP contribution in [0.1, 0.15) is 25.3 Å². The Kier molecular flexibility index (Phi) is 6.79. The van der Waals surface area contributed by atoms with Crippen LogP contribution in [0.15, 0.2) is 62.7 Å². The predicted octanol–water partition coefficient (Wildman–Crippen LogP) is 2.79. The van der Waals surface area contributed by atoms with E-state index in [-0.39, 0.29) is 31.1 Å². The van der Waals surface area contributed by atoms with Crippen LogP contribution in [0.4, 0.5) is 17.4 Å². The van der Waals surface area contributed by atoms with Crippen molar-refractivity contribution in [3.8, 4) is 0 Å². The maximum Gasteiger partial charge on any atom is 0.327 e. The fourth-order valence-electron chi connectivity index (χ4n) is 2.89. The van der Waals surface area contributed by atoms with Crippen LogP contribution in [0.25, 0.3) is 0 Å². The summed E-state index contributed by atoms with van der Waals surface area (Å²) in [6.07, 6.45) is 0. The van der Waals surface area contributed by atoms with E-state index in [4.69, 9.17) is 4.42 Å². The van der Waals surface area contributed by atoms with Gasteiger partial charge in [-0.1, -0.05) is 0 Å². The number of nitrogens with one attached hydrogen (secondary N) is 2. The van der Waals surface area contributed by atoms with E-state index < -0.39 is 26.1 Å². The Hall–Kier alpha value is -3.71. The van der Waals surface area contributed by atoms with Crippen LogP contribution < -0.4 is 14.3 Å². The first-order valence-electron chi connectivity index (χ1n) is 9.82. The van der Waals surface area contributed by atoms with Gasteiger partial charge in [0.15, 0.2) is 0 Å². The topological polar surface area (TPSA) is 156 Å². The Morgan fingerprint density at radius 2 is 1.15 bits per heavy atom. The third kappa shape index (κ3) is 5.10. The summed E-state index contributed by atoms with van der Waals surface area (Å²) < 4.78 is 59.6. The van der Waals surface area contributed by atoms with Gasteiger partial charge in [-0.25, -0.2) is 0 Å². The number of nitrogens with zero attached hydrogens (tertiary/aromatic N) is 2. The highest BCUT2D eigenvalue weighted by atomic mass is 32.3. The summed E-state index contributed by atoms with van der Waals surface area (Å²) in [7, 11) is -9.46. The Bertz CT molecular complexity index is 1330. The van der Waals surface area contributed by atoms with E-state index in [1.165, 1.54) is 45.0 Å². The van der Waals surface area contributed by atoms with Crippen LogP contribution in [-0.2, 0) is 29.6 Å². The lowest BCUT2D eigenvalue weighted by molar-refractivity contribution is -0.115. The summed E-state index contributed by atoms with van der Waals surface area (Å²) in [5.74, 6) is -0.464. The molecule has 0 spiro atoms. The fraction of sp³-hybridized carbons (Fsp3) is 0.190. The van der Waals surface area contributed by atoms with Gasteiger partial charge in [-0.2, -0.15) is 21.8 Å². The molecule has 2 N–H and O–H groups in total.